The molecule has 0 radical (unpaired) electrons. The maximum atomic E-state index is 12.0. The molecule has 0 aromatic heterocycles. The minimum atomic E-state index is -1.20. The maximum absolute atomic E-state index is 12.0. The lowest BCUT2D eigenvalue weighted by Gasteiger charge is -2.24. The molecule has 7 heteroatoms. The number of aliphatic hydroxyl groups excluding tert-OH is 1. The Balaban J connectivity index is 0.000000235. The van der Waals surface area contributed by atoms with Gasteiger partial charge in [-0.15, -0.1) is 0 Å². The molecule has 2 aliphatic heterocycles. The van der Waals surface area contributed by atoms with E-state index in [4.69, 9.17) is 4.74 Å². The summed E-state index contributed by atoms with van der Waals surface area (Å²) in [5.74, 6) is -0.0739. The summed E-state index contributed by atoms with van der Waals surface area (Å²) in [7, 11) is -2.21. The lowest BCUT2D eigenvalue weighted by atomic mass is 10.1. The van der Waals surface area contributed by atoms with Gasteiger partial charge >= 0.3 is 5.97 Å². The van der Waals surface area contributed by atoms with Crippen molar-refractivity contribution in [3.05, 3.63) is 96.1 Å². The zero-order valence-corrected chi connectivity index (χ0v) is 26.7. The fraction of sp³-hybridized carbons (Fsp3) is 0.455. The van der Waals surface area contributed by atoms with Crippen LogP contribution < -0.4 is 0 Å². The van der Waals surface area contributed by atoms with Gasteiger partial charge in [-0.25, -0.2) is 9.79 Å². The van der Waals surface area contributed by atoms with Gasteiger partial charge in [-0.3, -0.25) is 4.79 Å². The highest BCUT2D eigenvalue weighted by Crippen LogP contribution is 2.26. The second-order valence-electron chi connectivity index (χ2n) is 12.1. The third-order valence-electron chi connectivity index (χ3n) is 7.11. The van der Waals surface area contributed by atoms with Crippen LogP contribution in [0.4, 0.5) is 0 Å². The number of aliphatic hydroxyl groups is 1. The molecule has 0 fully saturated rings. The molecule has 0 saturated heterocycles. The van der Waals surface area contributed by atoms with Crippen LogP contribution in [0.3, 0.4) is 0 Å². The van der Waals surface area contributed by atoms with Crippen LogP contribution in [0, 0.1) is 0 Å². The topological polar surface area (TPSA) is 76.0 Å². The zero-order valence-electron chi connectivity index (χ0n) is 24.7. The Morgan fingerprint density at radius 1 is 0.875 bits per heavy atom. The van der Waals surface area contributed by atoms with Gasteiger partial charge in [0.25, 0.3) is 0 Å². The first-order valence-corrected chi connectivity index (χ1v) is 21.2. The zero-order chi connectivity index (χ0) is 29.3. The standard InChI is InChI=1S/C17H24O2Si.C8H7NO.C8H16OSi/c1-20(2)13-7-6-10-16(14-20)19-17(18)12-11-15-8-4-3-5-9-15;10-7-9-6-8-4-2-1-3-5-8;1-10(2)6-4-3-5-8(9)7-10/h3-6,8-10,16H,7,11-14H2,1-2H3;1-5H,6H2;3,5,8-9H,4,6-7H2,1-2H3/t16-;;8-/m0.0/s1. The fourth-order valence-electron chi connectivity index (χ4n) is 4.81. The van der Waals surface area contributed by atoms with Crippen molar-refractivity contribution in [1.82, 2.24) is 0 Å². The Morgan fingerprint density at radius 3 is 2.02 bits per heavy atom. The van der Waals surface area contributed by atoms with Gasteiger partial charge in [0.1, 0.15) is 6.10 Å². The first kappa shape index (κ1) is 33.4. The van der Waals surface area contributed by atoms with Crippen molar-refractivity contribution in [2.45, 2.75) is 94.8 Å². The molecule has 4 rings (SSSR count). The smallest absolute Gasteiger partial charge is 0.306 e. The highest BCUT2D eigenvalue weighted by atomic mass is 28.3. The minimum Gasteiger partial charge on any atom is -0.458 e. The summed E-state index contributed by atoms with van der Waals surface area (Å²) in [6, 6.07) is 24.4. The number of hydrogen-bond acceptors (Lipinski definition) is 5. The third kappa shape index (κ3) is 15.1. The summed E-state index contributed by atoms with van der Waals surface area (Å²) in [5.41, 5.74) is 2.22. The molecular weight excluding hydrogens is 531 g/mol. The Kier molecular flexibility index (Phi) is 14.8. The van der Waals surface area contributed by atoms with Crippen molar-refractivity contribution in [1.29, 1.82) is 0 Å². The van der Waals surface area contributed by atoms with Crippen molar-refractivity contribution in [3.63, 3.8) is 0 Å². The summed E-state index contributed by atoms with van der Waals surface area (Å²) in [6.07, 6.45) is 13.2. The number of allylic oxidation sites excluding steroid dienone is 2. The Hall–Kier alpha value is -2.84. The van der Waals surface area contributed by atoms with Gasteiger partial charge in [-0.05, 0) is 48.6 Å². The van der Waals surface area contributed by atoms with E-state index >= 15 is 0 Å². The van der Waals surface area contributed by atoms with Gasteiger partial charge < -0.3 is 9.84 Å². The quantitative estimate of drug-likeness (QED) is 0.125. The average molecular weight is 578 g/mol. The van der Waals surface area contributed by atoms with E-state index < -0.39 is 16.1 Å². The van der Waals surface area contributed by atoms with E-state index in [0.29, 0.717) is 13.0 Å². The third-order valence-corrected chi connectivity index (χ3v) is 13.4. The summed E-state index contributed by atoms with van der Waals surface area (Å²) >= 11 is 0. The number of ether oxygens (including phenoxy) is 1. The largest absolute Gasteiger partial charge is 0.458 e. The predicted molar refractivity (Wildman–Crippen MR) is 171 cm³/mol. The average Bonchev–Trinajstić information content (AvgIpc) is 3.20. The number of aliphatic imine (C=N–C) groups is 1. The number of carbonyl (C=O) groups excluding carboxylic acids is 2. The lowest BCUT2D eigenvalue weighted by Crippen LogP contribution is -2.30. The van der Waals surface area contributed by atoms with Crippen LogP contribution in [0.5, 0.6) is 0 Å². The van der Waals surface area contributed by atoms with E-state index in [1.165, 1.54) is 30.2 Å². The molecule has 2 aromatic carbocycles. The molecule has 40 heavy (non-hydrogen) atoms. The Labute approximate surface area is 243 Å². The van der Waals surface area contributed by atoms with Crippen molar-refractivity contribution in [2.75, 3.05) is 0 Å². The number of benzene rings is 2. The van der Waals surface area contributed by atoms with Crippen LogP contribution in [0.1, 0.15) is 30.4 Å². The van der Waals surface area contributed by atoms with Gasteiger partial charge in [0, 0.05) is 6.42 Å². The number of esters is 1. The van der Waals surface area contributed by atoms with Crippen molar-refractivity contribution in [3.8, 4) is 0 Å². The van der Waals surface area contributed by atoms with Crippen molar-refractivity contribution in [2.24, 2.45) is 4.99 Å². The molecule has 0 unspecified atom stereocenters. The van der Waals surface area contributed by atoms with Gasteiger partial charge in [-0.2, -0.15) is 0 Å². The lowest BCUT2D eigenvalue weighted by molar-refractivity contribution is -0.146. The Bertz CT molecular complexity index is 1110. The molecule has 1 N–H and O–H groups in total. The monoisotopic (exact) mass is 577 g/mol. The normalized spacial score (nSPS) is 20.6. The number of carbonyl (C=O) groups is 1. The molecule has 2 heterocycles. The second-order valence-corrected chi connectivity index (χ2v) is 22.6. The highest BCUT2D eigenvalue weighted by molar-refractivity contribution is 6.78. The minimum absolute atomic E-state index is 0.00226. The first-order valence-electron chi connectivity index (χ1n) is 14.4. The SMILES string of the molecule is C[Si]1(C)CCC=C[C@H](O)C1.C[Si]1(C)CCC=C[C@H](OC(=O)CCc2ccccc2)C1.O=C=NCc1ccccc1. The van der Waals surface area contributed by atoms with E-state index in [1.807, 2.05) is 54.6 Å². The van der Waals surface area contributed by atoms with Crippen LogP contribution in [0.25, 0.3) is 0 Å². The molecule has 0 spiro atoms. The van der Waals surface area contributed by atoms with Crippen LogP contribution >= 0.6 is 0 Å². The number of nitrogens with zero attached hydrogens (tertiary/aromatic N) is 1. The highest BCUT2D eigenvalue weighted by Gasteiger charge is 2.27. The second kappa shape index (κ2) is 17.8. The molecule has 0 bridgehead atoms. The van der Waals surface area contributed by atoms with Crippen LogP contribution in [0.2, 0.25) is 50.4 Å². The molecular formula is C33H47NO4Si2. The summed E-state index contributed by atoms with van der Waals surface area (Å²) in [4.78, 5) is 25.1. The van der Waals surface area contributed by atoms with Gasteiger partial charge in [0.2, 0.25) is 6.08 Å². The van der Waals surface area contributed by atoms with E-state index in [0.717, 1.165) is 30.5 Å². The van der Waals surface area contributed by atoms with Crippen LogP contribution in [-0.4, -0.2) is 45.5 Å². The fourth-order valence-corrected chi connectivity index (χ4v) is 9.69. The summed E-state index contributed by atoms with van der Waals surface area (Å²) in [5, 5.41) is 9.37. The van der Waals surface area contributed by atoms with E-state index in [1.54, 1.807) is 0 Å². The maximum Gasteiger partial charge on any atom is 0.306 e. The van der Waals surface area contributed by atoms with E-state index in [9.17, 15) is 14.7 Å². The van der Waals surface area contributed by atoms with Crippen LogP contribution in [0.15, 0.2) is 90.0 Å². The molecule has 5 nitrogen and oxygen atoms in total. The van der Waals surface area contributed by atoms with E-state index in [2.05, 4.69) is 61.5 Å². The summed E-state index contributed by atoms with van der Waals surface area (Å²) in [6.45, 7) is 9.90. The predicted octanol–water partition coefficient (Wildman–Crippen LogP) is 7.74. The molecule has 0 saturated carbocycles. The number of aryl methyl sites for hydroxylation is 1. The van der Waals surface area contributed by atoms with Gasteiger partial charge in [0.15, 0.2) is 0 Å². The van der Waals surface area contributed by atoms with Crippen molar-refractivity contribution < 1.29 is 19.4 Å². The number of rotatable bonds is 6. The molecule has 2 aromatic rings. The van der Waals surface area contributed by atoms with Crippen LogP contribution in [-0.2, 0) is 27.3 Å². The molecule has 0 aliphatic carbocycles. The summed E-state index contributed by atoms with van der Waals surface area (Å²) < 4.78 is 5.64. The molecule has 0 amide bonds. The molecule has 2 aliphatic rings. The first-order chi connectivity index (χ1) is 19.1. The van der Waals surface area contributed by atoms with E-state index in [-0.39, 0.29) is 18.2 Å². The van der Waals surface area contributed by atoms with Crippen molar-refractivity contribution >= 4 is 28.2 Å². The Morgan fingerprint density at radius 2 is 1.43 bits per heavy atom. The number of isocyanates is 1. The number of hydrogen-bond donors (Lipinski definition) is 1. The van der Waals surface area contributed by atoms with Gasteiger partial charge in [-0.1, -0.05) is 117 Å². The molecule has 2 atom stereocenters. The molecule has 216 valence electrons. The van der Waals surface area contributed by atoms with Gasteiger partial charge in [0.05, 0.1) is 28.8 Å².